The summed E-state index contributed by atoms with van der Waals surface area (Å²) in [6.07, 6.45) is 8.84. The smallest absolute Gasteiger partial charge is 0.00155 e. The van der Waals surface area contributed by atoms with Gasteiger partial charge in [0.05, 0.1) is 0 Å². The van der Waals surface area contributed by atoms with Gasteiger partial charge in [0.15, 0.2) is 0 Å². The zero-order valence-electron chi connectivity index (χ0n) is 11.8. The van der Waals surface area contributed by atoms with Gasteiger partial charge in [-0.1, -0.05) is 59.8 Å². The highest BCUT2D eigenvalue weighted by atomic mass is 14.8. The average molecular weight is 225 g/mol. The van der Waals surface area contributed by atoms with E-state index in [0.29, 0.717) is 5.41 Å². The molecule has 0 aromatic rings. The van der Waals surface area contributed by atoms with Crippen LogP contribution in [0.15, 0.2) is 0 Å². The molecule has 1 rings (SSSR count). The maximum Gasteiger partial charge on any atom is -0.00155 e. The lowest BCUT2D eigenvalue weighted by molar-refractivity contribution is 0.171. The molecule has 96 valence electrons. The Morgan fingerprint density at radius 2 is 1.75 bits per heavy atom. The molecule has 0 saturated heterocycles. The summed E-state index contributed by atoms with van der Waals surface area (Å²) in [6, 6.07) is 0. The molecule has 1 N–H and O–H groups in total. The molecule has 16 heavy (non-hydrogen) atoms. The zero-order chi connectivity index (χ0) is 12.0. The summed E-state index contributed by atoms with van der Waals surface area (Å²) in [5, 5.41) is 3.54. The van der Waals surface area contributed by atoms with Crippen LogP contribution in [-0.2, 0) is 0 Å². The third-order valence-corrected chi connectivity index (χ3v) is 4.21. The van der Waals surface area contributed by atoms with Crippen molar-refractivity contribution in [2.75, 3.05) is 13.1 Å². The Balaban J connectivity index is 2.41. The minimum absolute atomic E-state index is 0.458. The molecule has 1 fully saturated rings. The first-order valence-corrected chi connectivity index (χ1v) is 7.24. The molecule has 1 heteroatoms. The van der Waals surface area contributed by atoms with E-state index in [2.05, 4.69) is 33.0 Å². The Kier molecular flexibility index (Phi) is 5.82. The summed E-state index contributed by atoms with van der Waals surface area (Å²) in [5.41, 5.74) is 0.458. The number of hydrogen-bond acceptors (Lipinski definition) is 1. The molecule has 1 atom stereocenters. The largest absolute Gasteiger partial charge is 0.317 e. The van der Waals surface area contributed by atoms with E-state index in [1.54, 1.807) is 0 Å². The van der Waals surface area contributed by atoms with Gasteiger partial charge in [0.1, 0.15) is 0 Å². The molecule has 0 bridgehead atoms. The Morgan fingerprint density at radius 1 is 1.12 bits per heavy atom. The number of rotatable bonds is 5. The zero-order valence-corrected chi connectivity index (χ0v) is 11.8. The van der Waals surface area contributed by atoms with Crippen LogP contribution in [0.3, 0.4) is 0 Å². The SMILES string of the molecule is CCNCC(CC1CCCCC1)C(C)(C)C. The van der Waals surface area contributed by atoms with Crippen molar-refractivity contribution in [1.29, 1.82) is 0 Å². The van der Waals surface area contributed by atoms with E-state index >= 15 is 0 Å². The monoisotopic (exact) mass is 225 g/mol. The van der Waals surface area contributed by atoms with Crippen molar-refractivity contribution in [1.82, 2.24) is 5.32 Å². The summed E-state index contributed by atoms with van der Waals surface area (Å²) < 4.78 is 0. The predicted octanol–water partition coefficient (Wildman–Crippen LogP) is 4.23. The van der Waals surface area contributed by atoms with Crippen molar-refractivity contribution in [3.63, 3.8) is 0 Å². The summed E-state index contributed by atoms with van der Waals surface area (Å²) in [4.78, 5) is 0. The van der Waals surface area contributed by atoms with Crippen LogP contribution in [0.1, 0.15) is 66.2 Å². The second-order valence-corrected chi connectivity index (χ2v) is 6.61. The fraction of sp³-hybridized carbons (Fsp3) is 1.00. The van der Waals surface area contributed by atoms with Gasteiger partial charge >= 0.3 is 0 Å². The fourth-order valence-corrected chi connectivity index (χ4v) is 2.89. The van der Waals surface area contributed by atoms with Crippen LogP contribution in [0.25, 0.3) is 0 Å². The Hall–Kier alpha value is -0.0400. The number of hydrogen-bond donors (Lipinski definition) is 1. The summed E-state index contributed by atoms with van der Waals surface area (Å²) in [6.45, 7) is 11.7. The molecular weight excluding hydrogens is 194 g/mol. The molecular formula is C15H31N. The molecule has 1 unspecified atom stereocenters. The lowest BCUT2D eigenvalue weighted by atomic mass is 9.73. The molecule has 0 aromatic carbocycles. The minimum atomic E-state index is 0.458. The van der Waals surface area contributed by atoms with Gasteiger partial charge in [-0.3, -0.25) is 0 Å². The fourth-order valence-electron chi connectivity index (χ4n) is 2.89. The summed E-state index contributed by atoms with van der Waals surface area (Å²) >= 11 is 0. The van der Waals surface area contributed by atoms with Crippen molar-refractivity contribution in [3.05, 3.63) is 0 Å². The van der Waals surface area contributed by atoms with E-state index in [0.717, 1.165) is 18.4 Å². The maximum atomic E-state index is 3.54. The topological polar surface area (TPSA) is 12.0 Å². The van der Waals surface area contributed by atoms with Crippen molar-refractivity contribution in [2.24, 2.45) is 17.3 Å². The molecule has 0 amide bonds. The summed E-state index contributed by atoms with van der Waals surface area (Å²) in [5.74, 6) is 1.85. The molecule has 0 spiro atoms. The Morgan fingerprint density at radius 3 is 2.25 bits per heavy atom. The van der Waals surface area contributed by atoms with Gasteiger partial charge in [-0.25, -0.2) is 0 Å². The second-order valence-electron chi connectivity index (χ2n) is 6.61. The van der Waals surface area contributed by atoms with Crippen molar-refractivity contribution in [3.8, 4) is 0 Å². The van der Waals surface area contributed by atoms with E-state index in [-0.39, 0.29) is 0 Å². The standard InChI is InChI=1S/C15H31N/c1-5-16-12-14(15(2,3)4)11-13-9-7-6-8-10-13/h13-14,16H,5-12H2,1-4H3. The Labute approximate surface area is 102 Å². The normalized spacial score (nSPS) is 21.0. The first-order chi connectivity index (χ1) is 7.54. The van der Waals surface area contributed by atoms with Crippen LogP contribution in [-0.4, -0.2) is 13.1 Å². The molecule has 0 radical (unpaired) electrons. The first kappa shape index (κ1) is 14.0. The molecule has 1 aliphatic rings. The highest BCUT2D eigenvalue weighted by Gasteiger charge is 2.27. The molecule has 1 nitrogen and oxygen atoms in total. The van der Waals surface area contributed by atoms with Crippen LogP contribution < -0.4 is 5.32 Å². The average Bonchev–Trinajstić information content (AvgIpc) is 2.24. The number of nitrogens with one attached hydrogen (secondary N) is 1. The van der Waals surface area contributed by atoms with Gasteiger partial charge in [-0.05, 0) is 36.8 Å². The molecule has 0 aliphatic heterocycles. The molecule has 0 heterocycles. The van der Waals surface area contributed by atoms with Gasteiger partial charge in [0.25, 0.3) is 0 Å². The van der Waals surface area contributed by atoms with Crippen LogP contribution in [0.5, 0.6) is 0 Å². The molecule has 0 aromatic heterocycles. The third-order valence-electron chi connectivity index (χ3n) is 4.21. The van der Waals surface area contributed by atoms with Crippen LogP contribution in [0.2, 0.25) is 0 Å². The summed E-state index contributed by atoms with van der Waals surface area (Å²) in [7, 11) is 0. The van der Waals surface area contributed by atoms with Gasteiger partial charge in [0, 0.05) is 0 Å². The highest BCUT2D eigenvalue weighted by molar-refractivity contribution is 4.80. The quantitative estimate of drug-likeness (QED) is 0.738. The van der Waals surface area contributed by atoms with Crippen LogP contribution in [0, 0.1) is 17.3 Å². The van der Waals surface area contributed by atoms with Crippen LogP contribution >= 0.6 is 0 Å². The van der Waals surface area contributed by atoms with Gasteiger partial charge in [-0.2, -0.15) is 0 Å². The molecule has 1 saturated carbocycles. The van der Waals surface area contributed by atoms with Crippen LogP contribution in [0.4, 0.5) is 0 Å². The highest BCUT2D eigenvalue weighted by Crippen LogP contribution is 2.36. The van der Waals surface area contributed by atoms with Gasteiger partial charge < -0.3 is 5.32 Å². The third kappa shape index (κ3) is 4.86. The predicted molar refractivity (Wildman–Crippen MR) is 72.7 cm³/mol. The van der Waals surface area contributed by atoms with E-state index in [4.69, 9.17) is 0 Å². The first-order valence-electron chi connectivity index (χ1n) is 7.24. The van der Waals surface area contributed by atoms with Crippen molar-refractivity contribution >= 4 is 0 Å². The second kappa shape index (κ2) is 6.64. The maximum absolute atomic E-state index is 3.54. The minimum Gasteiger partial charge on any atom is -0.317 e. The van der Waals surface area contributed by atoms with E-state index in [1.807, 2.05) is 0 Å². The van der Waals surface area contributed by atoms with E-state index < -0.39 is 0 Å². The van der Waals surface area contributed by atoms with E-state index in [9.17, 15) is 0 Å². The van der Waals surface area contributed by atoms with E-state index in [1.165, 1.54) is 45.1 Å². The lowest BCUT2D eigenvalue weighted by Crippen LogP contribution is -2.33. The lowest BCUT2D eigenvalue weighted by Gasteiger charge is -2.35. The molecule has 1 aliphatic carbocycles. The van der Waals surface area contributed by atoms with Crippen molar-refractivity contribution in [2.45, 2.75) is 66.2 Å². The van der Waals surface area contributed by atoms with Gasteiger partial charge in [0.2, 0.25) is 0 Å². The van der Waals surface area contributed by atoms with Crippen molar-refractivity contribution < 1.29 is 0 Å². The van der Waals surface area contributed by atoms with Gasteiger partial charge in [-0.15, -0.1) is 0 Å². The Bertz CT molecular complexity index is 174.